The first kappa shape index (κ1) is 19.5. The number of thiocarbonyl (C=S) groups is 1. The number of carbonyl (C=O) groups is 1. The van der Waals surface area contributed by atoms with Crippen molar-refractivity contribution in [2.24, 2.45) is 0 Å². The predicted octanol–water partition coefficient (Wildman–Crippen LogP) is 5.13. The summed E-state index contributed by atoms with van der Waals surface area (Å²) in [5.41, 5.74) is 2.49. The molecule has 0 heterocycles. The van der Waals surface area contributed by atoms with Crippen molar-refractivity contribution in [3.8, 4) is 0 Å². The van der Waals surface area contributed by atoms with E-state index < -0.39 is 11.7 Å². The van der Waals surface area contributed by atoms with E-state index in [1.54, 1.807) is 36.4 Å². The van der Waals surface area contributed by atoms with Gasteiger partial charge < -0.3 is 16.0 Å². The highest BCUT2D eigenvalue weighted by atomic mass is 32.1. The molecule has 28 heavy (non-hydrogen) atoms. The van der Waals surface area contributed by atoms with E-state index in [1.165, 1.54) is 12.1 Å². The number of carbonyl (C=O) groups excluding carboxylic acids is 1. The average molecular weight is 393 g/mol. The summed E-state index contributed by atoms with van der Waals surface area (Å²) in [5, 5.41) is 9.52. The van der Waals surface area contributed by atoms with Crippen LogP contribution in [0, 0.1) is 5.82 Å². The third-order valence-corrected chi connectivity index (χ3v) is 4.39. The molecule has 0 aliphatic heterocycles. The maximum atomic E-state index is 13.7. The third kappa shape index (κ3) is 5.14. The van der Waals surface area contributed by atoms with Gasteiger partial charge in [0.1, 0.15) is 5.82 Å². The Balaban J connectivity index is 1.56. The molecule has 0 radical (unpaired) electrons. The minimum atomic E-state index is -0.553. The van der Waals surface area contributed by atoms with Gasteiger partial charge in [-0.2, -0.15) is 0 Å². The van der Waals surface area contributed by atoms with E-state index in [1.807, 2.05) is 37.3 Å². The Hall–Kier alpha value is -3.25. The Bertz CT molecular complexity index is 961. The normalized spacial score (nSPS) is 11.4. The van der Waals surface area contributed by atoms with Crippen molar-refractivity contribution in [1.82, 2.24) is 5.32 Å². The fraction of sp³-hybridized carbons (Fsp3) is 0.0909. The summed E-state index contributed by atoms with van der Waals surface area (Å²) in [5.74, 6) is -1.05. The summed E-state index contributed by atoms with van der Waals surface area (Å²) in [6.45, 7) is 2.03. The van der Waals surface area contributed by atoms with Crippen LogP contribution >= 0.6 is 12.2 Å². The van der Waals surface area contributed by atoms with Crippen molar-refractivity contribution in [2.45, 2.75) is 13.0 Å². The molecule has 1 unspecified atom stereocenters. The first-order chi connectivity index (χ1) is 13.5. The molecule has 0 fully saturated rings. The zero-order chi connectivity index (χ0) is 19.9. The highest BCUT2D eigenvalue weighted by Gasteiger charge is 2.11. The molecule has 3 aromatic rings. The van der Waals surface area contributed by atoms with Crippen LogP contribution in [0.2, 0.25) is 0 Å². The summed E-state index contributed by atoms with van der Waals surface area (Å²) < 4.78 is 13.7. The second-order valence-corrected chi connectivity index (χ2v) is 6.65. The van der Waals surface area contributed by atoms with Gasteiger partial charge in [0.05, 0.1) is 11.6 Å². The number of benzene rings is 3. The minimum absolute atomic E-state index is 0.00461. The molecule has 142 valence electrons. The van der Waals surface area contributed by atoms with E-state index >= 15 is 0 Å². The van der Waals surface area contributed by atoms with E-state index in [-0.39, 0.29) is 11.6 Å². The van der Waals surface area contributed by atoms with Gasteiger partial charge in [-0.25, -0.2) is 4.39 Å². The van der Waals surface area contributed by atoms with Crippen LogP contribution in [-0.2, 0) is 0 Å². The minimum Gasteiger partial charge on any atom is -0.356 e. The molecule has 0 aliphatic carbocycles. The Morgan fingerprint density at radius 3 is 2.07 bits per heavy atom. The molecule has 3 N–H and O–H groups in total. The van der Waals surface area contributed by atoms with Crippen LogP contribution < -0.4 is 16.0 Å². The monoisotopic (exact) mass is 393 g/mol. The van der Waals surface area contributed by atoms with Crippen LogP contribution in [0.25, 0.3) is 0 Å². The topological polar surface area (TPSA) is 53.2 Å². The lowest BCUT2D eigenvalue weighted by atomic mass is 10.1. The van der Waals surface area contributed by atoms with Crippen LogP contribution in [-0.4, -0.2) is 11.0 Å². The van der Waals surface area contributed by atoms with Crippen LogP contribution in [0.1, 0.15) is 28.9 Å². The van der Waals surface area contributed by atoms with Crippen molar-refractivity contribution in [1.29, 1.82) is 0 Å². The predicted molar refractivity (Wildman–Crippen MR) is 115 cm³/mol. The largest absolute Gasteiger partial charge is 0.356 e. The smallest absolute Gasteiger partial charge is 0.258 e. The SMILES string of the molecule is CC(NC(=S)Nc1ccc(NC(=O)c2ccccc2F)cc1)c1ccccc1. The van der Waals surface area contributed by atoms with Crippen molar-refractivity contribution < 1.29 is 9.18 Å². The van der Waals surface area contributed by atoms with Gasteiger partial charge in [0.2, 0.25) is 0 Å². The fourth-order valence-electron chi connectivity index (χ4n) is 2.67. The molecule has 3 aromatic carbocycles. The molecule has 3 rings (SSSR count). The maximum absolute atomic E-state index is 13.7. The quantitative estimate of drug-likeness (QED) is 0.526. The van der Waals surface area contributed by atoms with Crippen molar-refractivity contribution >= 4 is 34.6 Å². The molecule has 1 atom stereocenters. The fourth-order valence-corrected chi connectivity index (χ4v) is 2.96. The van der Waals surface area contributed by atoms with E-state index in [0.717, 1.165) is 11.3 Å². The van der Waals surface area contributed by atoms with E-state index in [2.05, 4.69) is 16.0 Å². The molecular weight excluding hydrogens is 373 g/mol. The first-order valence-corrected chi connectivity index (χ1v) is 9.22. The van der Waals surface area contributed by atoms with E-state index in [9.17, 15) is 9.18 Å². The highest BCUT2D eigenvalue weighted by molar-refractivity contribution is 7.80. The standard InChI is InChI=1S/C22H20FN3OS/c1-15(16-7-3-2-4-8-16)24-22(28)26-18-13-11-17(12-14-18)25-21(27)19-9-5-6-10-20(19)23/h2-15H,1H3,(H,25,27)(H2,24,26,28). The lowest BCUT2D eigenvalue weighted by Crippen LogP contribution is -2.30. The highest BCUT2D eigenvalue weighted by Crippen LogP contribution is 2.17. The van der Waals surface area contributed by atoms with Crippen molar-refractivity contribution in [3.63, 3.8) is 0 Å². The van der Waals surface area contributed by atoms with Gasteiger partial charge in [0, 0.05) is 11.4 Å². The molecule has 0 bridgehead atoms. The van der Waals surface area contributed by atoms with Gasteiger partial charge in [0.25, 0.3) is 5.91 Å². The van der Waals surface area contributed by atoms with E-state index in [4.69, 9.17) is 12.2 Å². The number of nitrogens with one attached hydrogen (secondary N) is 3. The summed E-state index contributed by atoms with van der Waals surface area (Å²) in [4.78, 5) is 12.2. The van der Waals surface area contributed by atoms with Gasteiger partial charge in [-0.1, -0.05) is 42.5 Å². The molecule has 6 heteroatoms. The molecular formula is C22H20FN3OS. The molecule has 0 aliphatic rings. The van der Waals surface area contributed by atoms with E-state index in [0.29, 0.717) is 10.8 Å². The number of halogens is 1. The Morgan fingerprint density at radius 2 is 1.43 bits per heavy atom. The maximum Gasteiger partial charge on any atom is 0.258 e. The molecule has 0 saturated carbocycles. The zero-order valence-corrected chi connectivity index (χ0v) is 16.1. The Morgan fingerprint density at radius 1 is 0.857 bits per heavy atom. The second-order valence-electron chi connectivity index (χ2n) is 6.24. The average Bonchev–Trinajstić information content (AvgIpc) is 2.70. The van der Waals surface area contributed by atoms with Crippen molar-refractivity contribution in [3.05, 3.63) is 95.8 Å². The van der Waals surface area contributed by atoms with Gasteiger partial charge in [-0.05, 0) is 61.1 Å². The Labute approximate surface area is 168 Å². The summed E-state index contributed by atoms with van der Waals surface area (Å²) in [6, 6.07) is 23.0. The molecule has 0 aromatic heterocycles. The number of anilines is 2. The summed E-state index contributed by atoms with van der Waals surface area (Å²) in [7, 11) is 0. The first-order valence-electron chi connectivity index (χ1n) is 8.81. The molecule has 4 nitrogen and oxygen atoms in total. The third-order valence-electron chi connectivity index (χ3n) is 4.17. The number of hydrogen-bond acceptors (Lipinski definition) is 2. The number of amides is 1. The van der Waals surface area contributed by atoms with Crippen LogP contribution in [0.4, 0.5) is 15.8 Å². The lowest BCUT2D eigenvalue weighted by Gasteiger charge is -2.17. The number of rotatable bonds is 5. The summed E-state index contributed by atoms with van der Waals surface area (Å²) in [6.07, 6.45) is 0. The summed E-state index contributed by atoms with van der Waals surface area (Å²) >= 11 is 5.36. The lowest BCUT2D eigenvalue weighted by molar-refractivity contribution is 0.102. The van der Waals surface area contributed by atoms with Gasteiger partial charge >= 0.3 is 0 Å². The zero-order valence-electron chi connectivity index (χ0n) is 15.3. The van der Waals surface area contributed by atoms with Crippen LogP contribution in [0.3, 0.4) is 0 Å². The van der Waals surface area contributed by atoms with Crippen LogP contribution in [0.5, 0.6) is 0 Å². The van der Waals surface area contributed by atoms with Gasteiger partial charge in [0.15, 0.2) is 5.11 Å². The molecule has 0 saturated heterocycles. The van der Waals surface area contributed by atoms with Gasteiger partial charge in [-0.3, -0.25) is 4.79 Å². The molecule has 0 spiro atoms. The Kier molecular flexibility index (Phi) is 6.34. The van der Waals surface area contributed by atoms with Crippen LogP contribution in [0.15, 0.2) is 78.9 Å². The second kappa shape index (κ2) is 9.10. The van der Waals surface area contributed by atoms with Crippen molar-refractivity contribution in [2.75, 3.05) is 10.6 Å². The van der Waals surface area contributed by atoms with Gasteiger partial charge in [-0.15, -0.1) is 0 Å². The molecule has 1 amide bonds. The number of hydrogen-bond donors (Lipinski definition) is 3.